The predicted octanol–water partition coefficient (Wildman–Crippen LogP) is 0.286. The van der Waals surface area contributed by atoms with Crippen molar-refractivity contribution >= 4 is 34.5 Å². The van der Waals surface area contributed by atoms with Gasteiger partial charge in [-0.15, -0.1) is 5.10 Å². The van der Waals surface area contributed by atoms with Crippen molar-refractivity contribution in [2.45, 2.75) is 18.6 Å². The highest BCUT2D eigenvalue weighted by Gasteiger charge is 2.25. The Morgan fingerprint density at radius 1 is 1.52 bits per heavy atom. The van der Waals surface area contributed by atoms with E-state index in [1.807, 2.05) is 0 Å². The van der Waals surface area contributed by atoms with Gasteiger partial charge in [0.25, 0.3) is 0 Å². The SMILES string of the molecule is COc1ccc(/C(C)=N\N=C2/NC(=O)C[C@H](C(=O)[O-])S2)cc1F. The second-order valence-electron chi connectivity index (χ2n) is 4.62. The quantitative estimate of drug-likeness (QED) is 0.628. The smallest absolute Gasteiger partial charge is 0.227 e. The van der Waals surface area contributed by atoms with Crippen LogP contribution in [0, 0.1) is 5.82 Å². The number of methoxy groups -OCH3 is 1. The first-order valence-electron chi connectivity index (χ1n) is 6.54. The molecule has 23 heavy (non-hydrogen) atoms. The first kappa shape index (κ1) is 16.9. The number of rotatable bonds is 4. The second-order valence-corrected chi connectivity index (χ2v) is 5.81. The fourth-order valence-electron chi connectivity index (χ4n) is 1.79. The van der Waals surface area contributed by atoms with Gasteiger partial charge in [-0.3, -0.25) is 4.79 Å². The second kappa shape index (κ2) is 7.23. The van der Waals surface area contributed by atoms with Crippen LogP contribution in [0.3, 0.4) is 0 Å². The third-order valence-corrected chi connectivity index (χ3v) is 4.04. The minimum Gasteiger partial charge on any atom is -0.549 e. The molecule has 0 saturated carbocycles. The number of ether oxygens (including phenoxy) is 1. The van der Waals surface area contributed by atoms with Crippen molar-refractivity contribution in [1.29, 1.82) is 0 Å². The topological polar surface area (TPSA) is 103 Å². The van der Waals surface area contributed by atoms with Crippen LogP contribution >= 0.6 is 11.8 Å². The number of thioether (sulfide) groups is 1. The molecule has 0 bridgehead atoms. The van der Waals surface area contributed by atoms with Crippen LogP contribution in [0.5, 0.6) is 5.75 Å². The maximum Gasteiger partial charge on any atom is 0.227 e. The lowest BCUT2D eigenvalue weighted by molar-refractivity contribution is -0.304. The van der Waals surface area contributed by atoms with E-state index in [-0.39, 0.29) is 17.3 Å². The van der Waals surface area contributed by atoms with Gasteiger partial charge in [-0.2, -0.15) is 5.10 Å². The summed E-state index contributed by atoms with van der Waals surface area (Å²) in [7, 11) is 1.36. The van der Waals surface area contributed by atoms with Crippen LogP contribution in [-0.4, -0.2) is 35.1 Å². The molecule has 0 aliphatic carbocycles. The van der Waals surface area contributed by atoms with Crippen molar-refractivity contribution < 1.29 is 23.8 Å². The molecule has 1 N–H and O–H groups in total. The van der Waals surface area contributed by atoms with Crippen LogP contribution < -0.4 is 15.2 Å². The van der Waals surface area contributed by atoms with E-state index in [0.29, 0.717) is 11.3 Å². The highest BCUT2D eigenvalue weighted by atomic mass is 32.2. The molecule has 7 nitrogen and oxygen atoms in total. The molecule has 0 aromatic heterocycles. The molecule has 0 spiro atoms. The Balaban J connectivity index is 2.18. The summed E-state index contributed by atoms with van der Waals surface area (Å²) in [5.74, 6) is -2.24. The predicted molar refractivity (Wildman–Crippen MR) is 81.7 cm³/mol. The van der Waals surface area contributed by atoms with E-state index < -0.39 is 22.9 Å². The van der Waals surface area contributed by atoms with Crippen molar-refractivity contribution in [3.8, 4) is 5.75 Å². The number of carbonyl (C=O) groups excluding carboxylic acids is 2. The number of benzene rings is 1. The number of halogens is 1. The molecule has 1 aliphatic rings. The van der Waals surface area contributed by atoms with Crippen molar-refractivity contribution in [2.24, 2.45) is 10.2 Å². The van der Waals surface area contributed by atoms with Crippen LogP contribution in [-0.2, 0) is 9.59 Å². The van der Waals surface area contributed by atoms with Gasteiger partial charge in [-0.05, 0) is 25.1 Å². The van der Waals surface area contributed by atoms with Crippen molar-refractivity contribution in [3.63, 3.8) is 0 Å². The van der Waals surface area contributed by atoms with E-state index >= 15 is 0 Å². The third-order valence-electron chi connectivity index (χ3n) is 2.99. The van der Waals surface area contributed by atoms with Crippen molar-refractivity contribution in [1.82, 2.24) is 5.32 Å². The van der Waals surface area contributed by atoms with Crippen LogP contribution in [0.15, 0.2) is 28.4 Å². The summed E-state index contributed by atoms with van der Waals surface area (Å²) in [6.45, 7) is 1.61. The minimum atomic E-state index is -1.34. The summed E-state index contributed by atoms with van der Waals surface area (Å²) in [5.41, 5.74) is 0.876. The maximum absolute atomic E-state index is 13.6. The Labute approximate surface area is 135 Å². The standard InChI is InChI=1S/C14H14FN3O4S/c1-7(8-3-4-10(22-2)9(15)5-8)17-18-14-16-12(19)6-11(23-14)13(20)21/h3-5,11H,6H2,1-2H3,(H,20,21)(H,16,18,19)/p-1/b17-7-/t11-/m1/s1. The molecule has 0 unspecified atom stereocenters. The lowest BCUT2D eigenvalue weighted by Gasteiger charge is -2.22. The number of carboxylic acid groups (broad SMARTS) is 1. The fraction of sp³-hybridized carbons (Fsp3) is 0.286. The van der Waals surface area contributed by atoms with Crippen molar-refractivity contribution in [2.75, 3.05) is 7.11 Å². The molecule has 1 aromatic carbocycles. The fourth-order valence-corrected chi connectivity index (χ4v) is 2.66. The number of hydrogen-bond acceptors (Lipinski definition) is 7. The molecule has 2 rings (SSSR count). The average molecular weight is 338 g/mol. The summed E-state index contributed by atoms with van der Waals surface area (Å²) in [6.07, 6.45) is -0.182. The molecule has 9 heteroatoms. The van der Waals surface area contributed by atoms with E-state index in [1.165, 1.54) is 19.2 Å². The van der Waals surface area contributed by atoms with Gasteiger partial charge in [0.15, 0.2) is 16.7 Å². The molecule has 1 aromatic rings. The minimum absolute atomic E-state index is 0.0591. The highest BCUT2D eigenvalue weighted by Crippen LogP contribution is 2.21. The lowest BCUT2D eigenvalue weighted by atomic mass is 10.1. The van der Waals surface area contributed by atoms with Gasteiger partial charge in [-0.25, -0.2) is 4.39 Å². The van der Waals surface area contributed by atoms with Gasteiger partial charge in [0, 0.05) is 12.0 Å². The monoisotopic (exact) mass is 338 g/mol. The van der Waals surface area contributed by atoms with E-state index in [1.54, 1.807) is 13.0 Å². The van der Waals surface area contributed by atoms with E-state index in [0.717, 1.165) is 11.8 Å². The molecule has 1 amide bonds. The zero-order chi connectivity index (χ0) is 17.0. The first-order valence-corrected chi connectivity index (χ1v) is 7.42. The Morgan fingerprint density at radius 3 is 2.87 bits per heavy atom. The molecular formula is C14H13FN3O4S-. The molecular weight excluding hydrogens is 325 g/mol. The number of nitrogens with one attached hydrogen (secondary N) is 1. The Morgan fingerprint density at radius 2 is 2.26 bits per heavy atom. The molecule has 1 saturated heterocycles. The third kappa shape index (κ3) is 4.28. The molecule has 1 aliphatic heterocycles. The Hall–Kier alpha value is -2.42. The average Bonchev–Trinajstić information content (AvgIpc) is 2.52. The maximum atomic E-state index is 13.6. The number of amides is 1. The number of carboxylic acids is 1. The van der Waals surface area contributed by atoms with E-state index in [4.69, 9.17) is 4.74 Å². The molecule has 0 radical (unpaired) electrons. The summed E-state index contributed by atoms with van der Waals surface area (Å²) in [5, 5.41) is 20.0. The van der Waals surface area contributed by atoms with Gasteiger partial charge in [0.05, 0.1) is 24.0 Å². The number of hydrogen-bond donors (Lipinski definition) is 1. The van der Waals surface area contributed by atoms with Gasteiger partial charge in [0.1, 0.15) is 0 Å². The van der Waals surface area contributed by atoms with Crippen LogP contribution in [0.1, 0.15) is 18.9 Å². The van der Waals surface area contributed by atoms with E-state index in [2.05, 4.69) is 15.5 Å². The van der Waals surface area contributed by atoms with Crippen LogP contribution in [0.2, 0.25) is 0 Å². The lowest BCUT2D eigenvalue weighted by Crippen LogP contribution is -2.44. The first-order chi connectivity index (χ1) is 10.9. The molecule has 122 valence electrons. The van der Waals surface area contributed by atoms with Crippen LogP contribution in [0.25, 0.3) is 0 Å². The van der Waals surface area contributed by atoms with Gasteiger partial charge < -0.3 is 20.0 Å². The highest BCUT2D eigenvalue weighted by molar-refractivity contribution is 8.15. The number of carbonyl (C=O) groups is 2. The van der Waals surface area contributed by atoms with Gasteiger partial charge >= 0.3 is 0 Å². The number of nitrogens with zero attached hydrogens (tertiary/aromatic N) is 2. The number of aliphatic carboxylic acids is 1. The normalized spacial score (nSPS) is 20.3. The molecule has 1 atom stereocenters. The Kier molecular flexibility index (Phi) is 5.32. The number of amidine groups is 1. The largest absolute Gasteiger partial charge is 0.549 e. The van der Waals surface area contributed by atoms with Gasteiger partial charge in [-0.1, -0.05) is 11.8 Å². The molecule has 1 heterocycles. The van der Waals surface area contributed by atoms with E-state index in [9.17, 15) is 19.1 Å². The summed E-state index contributed by atoms with van der Waals surface area (Å²) >= 11 is 0.845. The summed E-state index contributed by atoms with van der Waals surface area (Å²) in [6, 6.07) is 4.31. The summed E-state index contributed by atoms with van der Waals surface area (Å²) in [4.78, 5) is 22.3. The zero-order valence-corrected chi connectivity index (χ0v) is 13.1. The van der Waals surface area contributed by atoms with Crippen molar-refractivity contribution in [3.05, 3.63) is 29.6 Å². The van der Waals surface area contributed by atoms with Gasteiger partial charge in [0.2, 0.25) is 5.91 Å². The summed E-state index contributed by atoms with van der Waals surface area (Å²) < 4.78 is 18.5. The van der Waals surface area contributed by atoms with Crippen LogP contribution in [0.4, 0.5) is 4.39 Å². The zero-order valence-electron chi connectivity index (χ0n) is 12.3. The molecule has 1 fully saturated rings. The Bertz CT molecular complexity index is 705.